The van der Waals surface area contributed by atoms with E-state index in [1.807, 2.05) is 5.38 Å². The van der Waals surface area contributed by atoms with Crippen LogP contribution >= 0.6 is 22.9 Å². The van der Waals surface area contributed by atoms with Gasteiger partial charge in [0.2, 0.25) is 0 Å². The van der Waals surface area contributed by atoms with Crippen LogP contribution in [-0.2, 0) is 11.3 Å². The molecule has 140 valence electrons. The van der Waals surface area contributed by atoms with E-state index in [1.54, 1.807) is 31.2 Å². The molecular formula is C19H24ClN3O2S. The largest absolute Gasteiger partial charge is 0.481 e. The number of halogens is 1. The summed E-state index contributed by atoms with van der Waals surface area (Å²) in [5.74, 6) is 1.21. The average Bonchev–Trinajstić information content (AvgIpc) is 3.06. The van der Waals surface area contributed by atoms with Gasteiger partial charge in [-0.05, 0) is 63.0 Å². The third-order valence-corrected chi connectivity index (χ3v) is 5.60. The predicted molar refractivity (Wildman–Crippen MR) is 106 cm³/mol. The molecule has 1 amide bonds. The number of nitrogens with one attached hydrogen (secondary N) is 1. The van der Waals surface area contributed by atoms with E-state index >= 15 is 0 Å². The van der Waals surface area contributed by atoms with E-state index in [-0.39, 0.29) is 5.91 Å². The molecule has 1 aliphatic heterocycles. The summed E-state index contributed by atoms with van der Waals surface area (Å²) in [6.07, 6.45) is 1.87. The molecule has 2 aromatic rings. The van der Waals surface area contributed by atoms with Crippen LogP contribution in [0.4, 0.5) is 5.13 Å². The second-order valence-corrected chi connectivity index (χ2v) is 8.10. The number of carbonyl (C=O) groups excluding carboxylic acids is 1. The molecule has 1 saturated heterocycles. The summed E-state index contributed by atoms with van der Waals surface area (Å²) in [7, 11) is 0. The standard InChI is InChI=1S/C19H24ClN3O2S/c1-13-7-9-23(10-8-13)11-16-12-26-19(21-16)22-18(24)14(2)25-17-5-3-15(20)4-6-17/h3-6,12-14H,7-11H2,1-2H3,(H,21,22,24)/t14-/m1/s1. The highest BCUT2D eigenvalue weighted by atomic mass is 35.5. The van der Waals surface area contributed by atoms with Gasteiger partial charge in [-0.2, -0.15) is 0 Å². The molecule has 0 unspecified atom stereocenters. The van der Waals surface area contributed by atoms with Crippen LogP contribution in [-0.4, -0.2) is 35.0 Å². The molecule has 2 heterocycles. The lowest BCUT2D eigenvalue weighted by Gasteiger charge is -2.29. The lowest BCUT2D eigenvalue weighted by Crippen LogP contribution is -2.32. The summed E-state index contributed by atoms with van der Waals surface area (Å²) in [5.41, 5.74) is 1.01. The molecule has 1 atom stereocenters. The van der Waals surface area contributed by atoms with Gasteiger partial charge in [0, 0.05) is 16.9 Å². The number of thiazole rings is 1. The quantitative estimate of drug-likeness (QED) is 0.788. The molecule has 1 aliphatic rings. The second-order valence-electron chi connectivity index (χ2n) is 6.81. The number of hydrogen-bond acceptors (Lipinski definition) is 5. The molecule has 5 nitrogen and oxygen atoms in total. The minimum Gasteiger partial charge on any atom is -0.481 e. The van der Waals surface area contributed by atoms with Crippen molar-refractivity contribution >= 4 is 34.0 Å². The third kappa shape index (κ3) is 5.43. The average molecular weight is 394 g/mol. The third-order valence-electron chi connectivity index (χ3n) is 4.54. The first kappa shape index (κ1) is 19.1. The molecule has 0 radical (unpaired) electrons. The van der Waals surface area contributed by atoms with Gasteiger partial charge in [0.25, 0.3) is 5.91 Å². The molecule has 26 heavy (non-hydrogen) atoms. The zero-order valence-corrected chi connectivity index (χ0v) is 16.6. The van der Waals surface area contributed by atoms with E-state index in [1.165, 1.54) is 24.2 Å². The number of rotatable bonds is 6. The highest BCUT2D eigenvalue weighted by molar-refractivity contribution is 7.13. The monoisotopic (exact) mass is 393 g/mol. The van der Waals surface area contributed by atoms with Crippen molar-refractivity contribution in [1.29, 1.82) is 0 Å². The maximum absolute atomic E-state index is 12.3. The van der Waals surface area contributed by atoms with Crippen LogP contribution < -0.4 is 10.1 Å². The van der Waals surface area contributed by atoms with Crippen molar-refractivity contribution in [2.45, 2.75) is 39.3 Å². The summed E-state index contributed by atoms with van der Waals surface area (Å²) >= 11 is 7.30. The van der Waals surface area contributed by atoms with Crippen molar-refractivity contribution in [3.05, 3.63) is 40.4 Å². The smallest absolute Gasteiger partial charge is 0.266 e. The molecule has 0 bridgehead atoms. The van der Waals surface area contributed by atoms with Gasteiger partial charge in [-0.3, -0.25) is 15.0 Å². The topological polar surface area (TPSA) is 54.5 Å². The Morgan fingerprint density at radius 3 is 2.77 bits per heavy atom. The van der Waals surface area contributed by atoms with Crippen molar-refractivity contribution < 1.29 is 9.53 Å². The van der Waals surface area contributed by atoms with Crippen molar-refractivity contribution in [1.82, 2.24) is 9.88 Å². The van der Waals surface area contributed by atoms with Crippen LogP contribution in [0.3, 0.4) is 0 Å². The molecule has 7 heteroatoms. The summed E-state index contributed by atoms with van der Waals surface area (Å²) in [5, 5.41) is 6.09. The van der Waals surface area contributed by atoms with Crippen molar-refractivity contribution in [2.24, 2.45) is 5.92 Å². The SMILES string of the molecule is CC1CCN(Cc2csc(NC(=O)[C@@H](C)Oc3ccc(Cl)cc3)n2)CC1. The number of hydrogen-bond donors (Lipinski definition) is 1. The molecule has 0 saturated carbocycles. The Balaban J connectivity index is 1.49. The second kappa shape index (κ2) is 8.84. The molecule has 1 aromatic heterocycles. The number of piperidine rings is 1. The number of benzene rings is 1. The van der Waals surface area contributed by atoms with Gasteiger partial charge in [0.05, 0.1) is 5.69 Å². The highest BCUT2D eigenvalue weighted by Gasteiger charge is 2.19. The maximum atomic E-state index is 12.3. The van der Waals surface area contributed by atoms with Gasteiger partial charge >= 0.3 is 0 Å². The Morgan fingerprint density at radius 2 is 2.08 bits per heavy atom. The molecule has 0 spiro atoms. The van der Waals surface area contributed by atoms with Gasteiger partial charge < -0.3 is 4.74 Å². The van der Waals surface area contributed by atoms with Crippen LogP contribution in [0.15, 0.2) is 29.6 Å². The van der Waals surface area contributed by atoms with Gasteiger partial charge in [-0.25, -0.2) is 4.98 Å². The number of ether oxygens (including phenoxy) is 1. The van der Waals surface area contributed by atoms with Gasteiger partial charge in [0.15, 0.2) is 11.2 Å². The Hall–Kier alpha value is -1.63. The van der Waals surface area contributed by atoms with E-state index in [4.69, 9.17) is 16.3 Å². The number of likely N-dealkylation sites (tertiary alicyclic amines) is 1. The van der Waals surface area contributed by atoms with Crippen molar-refractivity contribution in [3.63, 3.8) is 0 Å². The first-order chi connectivity index (χ1) is 12.5. The summed E-state index contributed by atoms with van der Waals surface area (Å²) in [6.45, 7) is 7.10. The summed E-state index contributed by atoms with van der Waals surface area (Å²) in [4.78, 5) is 19.3. The molecular weight excluding hydrogens is 370 g/mol. The van der Waals surface area contributed by atoms with Gasteiger partial charge in [-0.1, -0.05) is 18.5 Å². The van der Waals surface area contributed by atoms with Gasteiger partial charge in [0.1, 0.15) is 5.75 Å². The lowest BCUT2D eigenvalue weighted by atomic mass is 9.99. The molecule has 1 fully saturated rings. The number of amides is 1. The van der Waals surface area contributed by atoms with E-state index in [0.29, 0.717) is 15.9 Å². The van der Waals surface area contributed by atoms with Crippen LogP contribution in [0.25, 0.3) is 0 Å². The summed E-state index contributed by atoms with van der Waals surface area (Å²) < 4.78 is 5.64. The number of carbonyl (C=O) groups is 1. The Bertz CT molecular complexity index is 727. The van der Waals surface area contributed by atoms with Crippen molar-refractivity contribution in [3.8, 4) is 5.75 Å². The van der Waals surface area contributed by atoms with E-state index in [0.717, 1.165) is 31.2 Å². The number of anilines is 1. The Morgan fingerprint density at radius 1 is 1.38 bits per heavy atom. The summed E-state index contributed by atoms with van der Waals surface area (Å²) in [6, 6.07) is 6.95. The first-order valence-electron chi connectivity index (χ1n) is 8.89. The maximum Gasteiger partial charge on any atom is 0.266 e. The fourth-order valence-electron chi connectivity index (χ4n) is 2.86. The van der Waals surface area contributed by atoms with Crippen LogP contribution in [0.2, 0.25) is 5.02 Å². The Labute approximate surface area is 163 Å². The van der Waals surface area contributed by atoms with E-state index in [9.17, 15) is 4.79 Å². The molecule has 3 rings (SSSR count). The minimum absolute atomic E-state index is 0.215. The minimum atomic E-state index is -0.618. The number of nitrogens with zero attached hydrogens (tertiary/aromatic N) is 2. The predicted octanol–water partition coefficient (Wildman–Crippen LogP) is 4.43. The van der Waals surface area contributed by atoms with E-state index < -0.39 is 6.10 Å². The molecule has 1 N–H and O–H groups in total. The molecule has 0 aliphatic carbocycles. The number of aromatic nitrogens is 1. The molecule has 1 aromatic carbocycles. The zero-order valence-electron chi connectivity index (χ0n) is 15.1. The Kier molecular flexibility index (Phi) is 6.51. The zero-order chi connectivity index (χ0) is 18.5. The van der Waals surface area contributed by atoms with Gasteiger partial charge in [-0.15, -0.1) is 11.3 Å². The van der Waals surface area contributed by atoms with Crippen LogP contribution in [0.5, 0.6) is 5.75 Å². The normalized spacial score (nSPS) is 17.0. The highest BCUT2D eigenvalue weighted by Crippen LogP contribution is 2.22. The first-order valence-corrected chi connectivity index (χ1v) is 10.1. The van der Waals surface area contributed by atoms with Crippen LogP contribution in [0.1, 0.15) is 32.4 Å². The van der Waals surface area contributed by atoms with Crippen molar-refractivity contribution in [2.75, 3.05) is 18.4 Å². The lowest BCUT2D eigenvalue weighted by molar-refractivity contribution is -0.122. The fraction of sp³-hybridized carbons (Fsp3) is 0.474. The van der Waals surface area contributed by atoms with Crippen LogP contribution in [0, 0.1) is 5.92 Å². The fourth-order valence-corrected chi connectivity index (χ4v) is 3.69. The van der Waals surface area contributed by atoms with E-state index in [2.05, 4.69) is 22.1 Å².